The van der Waals surface area contributed by atoms with Gasteiger partial charge in [0.05, 0.1) is 6.10 Å². The summed E-state index contributed by atoms with van der Waals surface area (Å²) in [7, 11) is 4.03. The SMILES string of the molecule is COC1CC(NC2CCN(C)C2)C1(C)C. The van der Waals surface area contributed by atoms with Crippen molar-refractivity contribution in [2.24, 2.45) is 5.41 Å². The van der Waals surface area contributed by atoms with Crippen LogP contribution in [0, 0.1) is 5.41 Å². The first kappa shape index (κ1) is 11.4. The van der Waals surface area contributed by atoms with Gasteiger partial charge in [-0.25, -0.2) is 0 Å². The van der Waals surface area contributed by atoms with E-state index < -0.39 is 0 Å². The monoisotopic (exact) mass is 212 g/mol. The number of nitrogens with zero attached hydrogens (tertiary/aromatic N) is 1. The Balaban J connectivity index is 1.82. The molecule has 1 heterocycles. The number of hydrogen-bond donors (Lipinski definition) is 1. The topological polar surface area (TPSA) is 24.5 Å². The van der Waals surface area contributed by atoms with Gasteiger partial charge >= 0.3 is 0 Å². The van der Waals surface area contributed by atoms with Gasteiger partial charge in [-0.15, -0.1) is 0 Å². The van der Waals surface area contributed by atoms with Crippen LogP contribution in [0.2, 0.25) is 0 Å². The smallest absolute Gasteiger partial charge is 0.0652 e. The molecule has 0 aromatic rings. The summed E-state index contributed by atoms with van der Waals surface area (Å²) in [6.07, 6.45) is 2.90. The molecule has 0 aromatic carbocycles. The molecule has 88 valence electrons. The van der Waals surface area contributed by atoms with Crippen LogP contribution in [0.25, 0.3) is 0 Å². The van der Waals surface area contributed by atoms with Gasteiger partial charge in [0, 0.05) is 31.2 Å². The quantitative estimate of drug-likeness (QED) is 0.758. The standard InChI is InChI=1S/C12H24N2O/c1-12(2)10(7-11(12)15-4)13-9-5-6-14(3)8-9/h9-11,13H,5-8H2,1-4H3. The van der Waals surface area contributed by atoms with E-state index in [1.165, 1.54) is 25.9 Å². The predicted octanol–water partition coefficient (Wildman–Crippen LogP) is 1.09. The normalized spacial score (nSPS) is 40.4. The van der Waals surface area contributed by atoms with Gasteiger partial charge in [0.15, 0.2) is 0 Å². The van der Waals surface area contributed by atoms with Crippen LogP contribution in [0.4, 0.5) is 0 Å². The minimum atomic E-state index is 0.301. The van der Waals surface area contributed by atoms with Crippen molar-refractivity contribution in [3.8, 4) is 0 Å². The van der Waals surface area contributed by atoms with E-state index >= 15 is 0 Å². The number of likely N-dealkylation sites (tertiary alicyclic amines) is 1. The Kier molecular flexibility index (Phi) is 3.06. The maximum atomic E-state index is 5.47. The molecule has 1 saturated carbocycles. The molecule has 0 amide bonds. The fourth-order valence-electron chi connectivity index (χ4n) is 2.92. The van der Waals surface area contributed by atoms with Gasteiger partial charge < -0.3 is 15.0 Å². The molecule has 1 aliphatic heterocycles. The first-order valence-corrected chi connectivity index (χ1v) is 6.01. The molecule has 2 rings (SSSR count). The molecule has 3 unspecified atom stereocenters. The summed E-state index contributed by atoms with van der Waals surface area (Å²) in [6, 6.07) is 1.33. The maximum absolute atomic E-state index is 5.47. The number of hydrogen-bond acceptors (Lipinski definition) is 3. The van der Waals surface area contributed by atoms with Crippen molar-refractivity contribution in [1.29, 1.82) is 0 Å². The Labute approximate surface area is 93.2 Å². The highest BCUT2D eigenvalue weighted by molar-refractivity contribution is 5.04. The van der Waals surface area contributed by atoms with Crippen molar-refractivity contribution < 1.29 is 4.74 Å². The summed E-state index contributed by atoms with van der Waals surface area (Å²) < 4.78 is 5.47. The van der Waals surface area contributed by atoms with Crippen LogP contribution in [-0.4, -0.2) is 50.3 Å². The highest BCUT2D eigenvalue weighted by Crippen LogP contribution is 2.42. The lowest BCUT2D eigenvalue weighted by atomic mass is 9.64. The maximum Gasteiger partial charge on any atom is 0.0652 e. The van der Waals surface area contributed by atoms with Crippen LogP contribution in [0.1, 0.15) is 26.7 Å². The zero-order valence-corrected chi connectivity index (χ0v) is 10.4. The number of likely N-dealkylation sites (N-methyl/N-ethyl adjacent to an activating group) is 1. The molecule has 3 nitrogen and oxygen atoms in total. The van der Waals surface area contributed by atoms with Gasteiger partial charge in [0.2, 0.25) is 0 Å². The summed E-state index contributed by atoms with van der Waals surface area (Å²) in [5, 5.41) is 3.78. The van der Waals surface area contributed by atoms with Crippen molar-refractivity contribution >= 4 is 0 Å². The Hall–Kier alpha value is -0.120. The fraction of sp³-hybridized carbons (Fsp3) is 1.00. The first-order valence-electron chi connectivity index (χ1n) is 6.01. The van der Waals surface area contributed by atoms with E-state index in [0.717, 1.165) is 0 Å². The van der Waals surface area contributed by atoms with E-state index in [1.54, 1.807) is 0 Å². The van der Waals surface area contributed by atoms with Crippen molar-refractivity contribution in [2.75, 3.05) is 27.2 Å². The average molecular weight is 212 g/mol. The number of ether oxygens (including phenoxy) is 1. The van der Waals surface area contributed by atoms with E-state index in [-0.39, 0.29) is 0 Å². The van der Waals surface area contributed by atoms with Crippen LogP contribution < -0.4 is 5.32 Å². The summed E-state index contributed by atoms with van der Waals surface area (Å²) in [5.41, 5.74) is 0.301. The average Bonchev–Trinajstić information content (AvgIpc) is 2.58. The molecule has 0 spiro atoms. The minimum absolute atomic E-state index is 0.301. The van der Waals surface area contributed by atoms with Gasteiger partial charge in [-0.05, 0) is 26.4 Å². The van der Waals surface area contributed by atoms with Crippen LogP contribution in [0.3, 0.4) is 0 Å². The van der Waals surface area contributed by atoms with Crippen molar-refractivity contribution in [3.63, 3.8) is 0 Å². The highest BCUT2D eigenvalue weighted by Gasteiger charge is 2.49. The second kappa shape index (κ2) is 4.04. The lowest BCUT2D eigenvalue weighted by Crippen LogP contribution is -2.62. The minimum Gasteiger partial charge on any atom is -0.381 e. The molecule has 0 bridgehead atoms. The van der Waals surface area contributed by atoms with Crippen LogP contribution in [0.5, 0.6) is 0 Å². The zero-order chi connectivity index (χ0) is 11.1. The van der Waals surface area contributed by atoms with Crippen molar-refractivity contribution in [2.45, 2.75) is 44.9 Å². The molecule has 3 atom stereocenters. The van der Waals surface area contributed by atoms with Crippen molar-refractivity contribution in [1.82, 2.24) is 10.2 Å². The fourth-order valence-corrected chi connectivity index (χ4v) is 2.92. The van der Waals surface area contributed by atoms with Crippen LogP contribution in [-0.2, 0) is 4.74 Å². The number of rotatable bonds is 3. The Bertz CT molecular complexity index is 230. The van der Waals surface area contributed by atoms with E-state index in [0.29, 0.717) is 23.6 Å². The lowest BCUT2D eigenvalue weighted by molar-refractivity contribution is -0.0998. The van der Waals surface area contributed by atoms with Gasteiger partial charge in [0.1, 0.15) is 0 Å². The summed E-state index contributed by atoms with van der Waals surface area (Å²) in [4.78, 5) is 2.40. The molecule has 0 aromatic heterocycles. The predicted molar refractivity (Wildman–Crippen MR) is 62.0 cm³/mol. The third-order valence-corrected chi connectivity index (χ3v) is 4.29. The molecule has 1 aliphatic carbocycles. The third kappa shape index (κ3) is 2.05. The molecule has 2 aliphatic rings. The van der Waals surface area contributed by atoms with E-state index in [2.05, 4.69) is 31.1 Å². The lowest BCUT2D eigenvalue weighted by Gasteiger charge is -2.52. The van der Waals surface area contributed by atoms with Gasteiger partial charge in [-0.1, -0.05) is 13.8 Å². The summed E-state index contributed by atoms with van der Waals surface area (Å²) in [5.74, 6) is 0. The Morgan fingerprint density at radius 1 is 1.40 bits per heavy atom. The molecular weight excluding hydrogens is 188 g/mol. The van der Waals surface area contributed by atoms with Gasteiger partial charge in [0.25, 0.3) is 0 Å². The van der Waals surface area contributed by atoms with Crippen molar-refractivity contribution in [3.05, 3.63) is 0 Å². The van der Waals surface area contributed by atoms with Crippen LogP contribution in [0.15, 0.2) is 0 Å². The van der Waals surface area contributed by atoms with Crippen LogP contribution >= 0.6 is 0 Å². The second-order valence-corrected chi connectivity index (χ2v) is 5.75. The van der Waals surface area contributed by atoms with Gasteiger partial charge in [-0.2, -0.15) is 0 Å². The largest absolute Gasteiger partial charge is 0.381 e. The third-order valence-electron chi connectivity index (χ3n) is 4.29. The Morgan fingerprint density at radius 2 is 2.13 bits per heavy atom. The molecule has 1 saturated heterocycles. The van der Waals surface area contributed by atoms with E-state index in [4.69, 9.17) is 4.74 Å². The molecule has 2 fully saturated rings. The molecule has 3 heteroatoms. The number of methoxy groups -OCH3 is 1. The number of nitrogens with one attached hydrogen (secondary N) is 1. The Morgan fingerprint density at radius 3 is 2.60 bits per heavy atom. The van der Waals surface area contributed by atoms with E-state index in [9.17, 15) is 0 Å². The summed E-state index contributed by atoms with van der Waals surface area (Å²) in [6.45, 7) is 7.05. The molecule has 1 N–H and O–H groups in total. The summed E-state index contributed by atoms with van der Waals surface area (Å²) >= 11 is 0. The molecule has 0 radical (unpaired) electrons. The molecular formula is C12H24N2O. The zero-order valence-electron chi connectivity index (χ0n) is 10.4. The van der Waals surface area contributed by atoms with E-state index in [1.807, 2.05) is 7.11 Å². The van der Waals surface area contributed by atoms with Gasteiger partial charge in [-0.3, -0.25) is 0 Å². The second-order valence-electron chi connectivity index (χ2n) is 5.75. The first-order chi connectivity index (χ1) is 7.04. The highest BCUT2D eigenvalue weighted by atomic mass is 16.5. The molecule has 15 heavy (non-hydrogen) atoms.